The third-order valence-corrected chi connectivity index (χ3v) is 2.02. The molecule has 1 aromatic carbocycles. The van der Waals surface area contributed by atoms with Crippen molar-refractivity contribution >= 4 is 5.69 Å². The van der Waals surface area contributed by atoms with E-state index in [4.69, 9.17) is 15.7 Å². The van der Waals surface area contributed by atoms with E-state index in [0.717, 1.165) is 0 Å². The molecule has 2 rings (SSSR count). The van der Waals surface area contributed by atoms with Gasteiger partial charge in [-0.05, 0) is 30.3 Å². The first kappa shape index (κ1) is 9.99. The van der Waals surface area contributed by atoms with Crippen molar-refractivity contribution in [2.24, 2.45) is 0 Å². The van der Waals surface area contributed by atoms with Gasteiger partial charge >= 0.3 is 0 Å². The van der Waals surface area contributed by atoms with Crippen molar-refractivity contribution in [3.8, 4) is 17.6 Å². The van der Waals surface area contributed by atoms with Crippen molar-refractivity contribution in [1.82, 2.24) is 4.98 Å². The lowest BCUT2D eigenvalue weighted by atomic mass is 10.2. The van der Waals surface area contributed by atoms with Crippen LogP contribution in [-0.4, -0.2) is 4.98 Å². The number of nitrogens with zero attached hydrogens (tertiary/aromatic N) is 2. The Hall–Kier alpha value is -2.54. The fourth-order valence-electron chi connectivity index (χ4n) is 1.24. The Morgan fingerprint density at radius 2 is 1.94 bits per heavy atom. The van der Waals surface area contributed by atoms with Gasteiger partial charge in [-0.1, -0.05) is 0 Å². The van der Waals surface area contributed by atoms with Gasteiger partial charge in [0.25, 0.3) is 0 Å². The summed E-state index contributed by atoms with van der Waals surface area (Å²) in [5.41, 5.74) is 6.71. The molecule has 0 spiro atoms. The first-order chi connectivity index (χ1) is 7.79. The third kappa shape index (κ3) is 2.10. The molecule has 1 heterocycles. The Labute approximate surface area is 92.9 Å². The van der Waals surface area contributed by atoms with Crippen LogP contribution in [0.15, 0.2) is 42.7 Å². The van der Waals surface area contributed by atoms with Gasteiger partial charge in [0.05, 0.1) is 17.3 Å². The van der Waals surface area contributed by atoms with Crippen LogP contribution in [0.3, 0.4) is 0 Å². The number of ether oxygens (including phenoxy) is 1. The van der Waals surface area contributed by atoms with Crippen molar-refractivity contribution in [2.75, 3.05) is 5.73 Å². The van der Waals surface area contributed by atoms with Crippen LogP contribution in [0.4, 0.5) is 5.69 Å². The Balaban J connectivity index is 2.27. The van der Waals surface area contributed by atoms with Gasteiger partial charge < -0.3 is 10.5 Å². The summed E-state index contributed by atoms with van der Waals surface area (Å²) in [5, 5.41) is 8.69. The normalized spacial score (nSPS) is 9.44. The predicted molar refractivity (Wildman–Crippen MR) is 59.9 cm³/mol. The van der Waals surface area contributed by atoms with Gasteiger partial charge in [-0.25, -0.2) is 0 Å². The number of rotatable bonds is 2. The van der Waals surface area contributed by atoms with Crippen molar-refractivity contribution < 1.29 is 4.74 Å². The molecule has 0 bridgehead atoms. The van der Waals surface area contributed by atoms with Crippen LogP contribution in [-0.2, 0) is 0 Å². The molecule has 0 atom stereocenters. The molecule has 4 heteroatoms. The van der Waals surface area contributed by atoms with Gasteiger partial charge in [-0.15, -0.1) is 0 Å². The molecule has 0 radical (unpaired) electrons. The van der Waals surface area contributed by atoms with Crippen LogP contribution in [0.25, 0.3) is 0 Å². The van der Waals surface area contributed by atoms with Crippen molar-refractivity contribution in [1.29, 1.82) is 5.26 Å². The summed E-state index contributed by atoms with van der Waals surface area (Å²) in [7, 11) is 0. The first-order valence-corrected chi connectivity index (χ1v) is 4.67. The Bertz CT molecular complexity index is 532. The lowest BCUT2D eigenvalue weighted by Gasteiger charge is -2.07. The topological polar surface area (TPSA) is 71.9 Å². The molecule has 0 aliphatic heterocycles. The summed E-state index contributed by atoms with van der Waals surface area (Å²) in [4.78, 5) is 3.88. The van der Waals surface area contributed by atoms with Crippen LogP contribution in [0.5, 0.6) is 11.5 Å². The van der Waals surface area contributed by atoms with Crippen molar-refractivity contribution in [2.45, 2.75) is 0 Å². The highest BCUT2D eigenvalue weighted by Gasteiger charge is 2.02. The van der Waals surface area contributed by atoms with Gasteiger partial charge in [0.1, 0.15) is 11.5 Å². The lowest BCUT2D eigenvalue weighted by Crippen LogP contribution is -1.92. The molecule has 0 saturated carbocycles. The highest BCUT2D eigenvalue weighted by molar-refractivity contribution is 5.57. The van der Waals surface area contributed by atoms with E-state index in [9.17, 15) is 0 Å². The maximum Gasteiger partial charge on any atom is 0.150 e. The third-order valence-electron chi connectivity index (χ3n) is 2.02. The summed E-state index contributed by atoms with van der Waals surface area (Å²) in [6.07, 6.45) is 3.27. The van der Waals surface area contributed by atoms with E-state index < -0.39 is 0 Å². The smallest absolute Gasteiger partial charge is 0.150 e. The van der Waals surface area contributed by atoms with Crippen LogP contribution in [0.1, 0.15) is 5.56 Å². The Kier molecular flexibility index (Phi) is 2.70. The zero-order valence-electron chi connectivity index (χ0n) is 8.42. The fourth-order valence-corrected chi connectivity index (χ4v) is 1.24. The first-order valence-electron chi connectivity index (χ1n) is 4.67. The highest BCUT2D eigenvalue weighted by Crippen LogP contribution is 2.27. The predicted octanol–water partition coefficient (Wildman–Crippen LogP) is 2.33. The number of nitriles is 1. The Morgan fingerprint density at radius 3 is 2.56 bits per heavy atom. The number of nitrogens with two attached hydrogens (primary N) is 1. The minimum Gasteiger partial charge on any atom is -0.455 e. The lowest BCUT2D eigenvalue weighted by molar-refractivity contribution is 0.484. The largest absolute Gasteiger partial charge is 0.455 e. The summed E-state index contributed by atoms with van der Waals surface area (Å²) < 4.78 is 5.53. The van der Waals surface area contributed by atoms with Gasteiger partial charge in [-0.3, -0.25) is 4.98 Å². The van der Waals surface area contributed by atoms with E-state index in [-0.39, 0.29) is 0 Å². The summed E-state index contributed by atoms with van der Waals surface area (Å²) in [6.45, 7) is 0. The van der Waals surface area contributed by atoms with Gasteiger partial charge in [0.15, 0.2) is 0 Å². The monoisotopic (exact) mass is 211 g/mol. The molecule has 2 N–H and O–H groups in total. The number of nitrogen functional groups attached to an aromatic ring is 1. The van der Waals surface area contributed by atoms with Crippen LogP contribution in [0, 0.1) is 11.3 Å². The molecule has 0 saturated heterocycles. The van der Waals surface area contributed by atoms with Crippen LogP contribution < -0.4 is 10.5 Å². The van der Waals surface area contributed by atoms with Gasteiger partial charge in [0, 0.05) is 12.4 Å². The number of hydrogen-bond donors (Lipinski definition) is 1. The minimum absolute atomic E-state index is 0.441. The molecular weight excluding hydrogens is 202 g/mol. The number of aromatic nitrogens is 1. The van der Waals surface area contributed by atoms with E-state index in [1.807, 2.05) is 6.07 Å². The van der Waals surface area contributed by atoms with E-state index in [2.05, 4.69) is 4.98 Å². The van der Waals surface area contributed by atoms with E-state index in [1.165, 1.54) is 0 Å². The average Bonchev–Trinajstić information content (AvgIpc) is 2.33. The zero-order chi connectivity index (χ0) is 11.4. The maximum absolute atomic E-state index is 8.69. The molecule has 0 aliphatic carbocycles. The molecule has 1 aromatic heterocycles. The van der Waals surface area contributed by atoms with E-state index >= 15 is 0 Å². The van der Waals surface area contributed by atoms with E-state index in [0.29, 0.717) is 22.7 Å². The molecule has 0 fully saturated rings. The van der Waals surface area contributed by atoms with Gasteiger partial charge in [-0.2, -0.15) is 5.26 Å². The van der Waals surface area contributed by atoms with Crippen LogP contribution in [0.2, 0.25) is 0 Å². The minimum atomic E-state index is 0.441. The summed E-state index contributed by atoms with van der Waals surface area (Å²) in [6, 6.07) is 10.4. The van der Waals surface area contributed by atoms with Crippen molar-refractivity contribution in [3.05, 3.63) is 48.3 Å². The van der Waals surface area contributed by atoms with E-state index in [1.54, 1.807) is 42.7 Å². The average molecular weight is 211 g/mol. The molecule has 4 nitrogen and oxygen atoms in total. The number of pyridine rings is 1. The number of anilines is 1. The SMILES string of the molecule is N#Cc1ccc(Oc2ccncc2)c(N)c1. The second-order valence-corrected chi connectivity index (χ2v) is 3.15. The molecule has 0 amide bonds. The molecule has 16 heavy (non-hydrogen) atoms. The van der Waals surface area contributed by atoms with Gasteiger partial charge in [0.2, 0.25) is 0 Å². The molecule has 2 aromatic rings. The second-order valence-electron chi connectivity index (χ2n) is 3.15. The molecular formula is C12H9N3O. The maximum atomic E-state index is 8.69. The highest BCUT2D eigenvalue weighted by atomic mass is 16.5. The molecule has 0 unspecified atom stereocenters. The summed E-state index contributed by atoms with van der Waals surface area (Å²) in [5.74, 6) is 1.19. The second kappa shape index (κ2) is 4.32. The Morgan fingerprint density at radius 1 is 1.19 bits per heavy atom. The molecule has 78 valence electrons. The number of benzene rings is 1. The molecule has 0 aliphatic rings. The fraction of sp³-hybridized carbons (Fsp3) is 0. The summed E-state index contributed by atoms with van der Waals surface area (Å²) >= 11 is 0. The number of hydrogen-bond acceptors (Lipinski definition) is 4. The zero-order valence-corrected chi connectivity index (χ0v) is 8.42. The van der Waals surface area contributed by atoms with Crippen LogP contribution >= 0.6 is 0 Å². The quantitative estimate of drug-likeness (QED) is 0.774. The van der Waals surface area contributed by atoms with Crippen molar-refractivity contribution in [3.63, 3.8) is 0 Å². The standard InChI is InChI=1S/C12H9N3O/c13-8-9-1-2-12(11(14)7-9)16-10-3-5-15-6-4-10/h1-7H,14H2.